The molecule has 3 unspecified atom stereocenters. The third kappa shape index (κ3) is 4.72. The number of likely N-dealkylation sites (tertiary alicyclic amines) is 1. The molecule has 1 aromatic rings. The Labute approximate surface area is 237 Å². The van der Waals surface area contributed by atoms with Gasteiger partial charge >= 0.3 is 0 Å². The number of nitrogens with zero attached hydrogens (tertiary/aromatic N) is 3. The zero-order chi connectivity index (χ0) is 27.6. The summed E-state index contributed by atoms with van der Waals surface area (Å²) in [6.07, 6.45) is 4.21. The number of para-hydroxylation sites is 1. The van der Waals surface area contributed by atoms with Crippen molar-refractivity contribution in [2.45, 2.75) is 48.8 Å². The number of alkyl halides is 1. The van der Waals surface area contributed by atoms with E-state index in [0.29, 0.717) is 36.6 Å². The van der Waals surface area contributed by atoms with E-state index in [9.17, 15) is 19.5 Å². The predicted molar refractivity (Wildman–Crippen MR) is 150 cm³/mol. The third-order valence-corrected chi connectivity index (χ3v) is 8.91. The first kappa shape index (κ1) is 28.8. The Morgan fingerprint density at radius 3 is 2.61 bits per heavy atom. The summed E-state index contributed by atoms with van der Waals surface area (Å²) in [6.45, 7) is 10.7. The highest BCUT2D eigenvalue weighted by Gasteiger charge is 2.76. The van der Waals surface area contributed by atoms with Crippen LogP contribution in [0.4, 0.5) is 5.69 Å². The van der Waals surface area contributed by atoms with Gasteiger partial charge in [-0.2, -0.15) is 0 Å². The molecule has 206 valence electrons. The summed E-state index contributed by atoms with van der Waals surface area (Å²) < 4.78 is 6.59. The fourth-order valence-corrected chi connectivity index (χ4v) is 7.54. The van der Waals surface area contributed by atoms with Crippen LogP contribution in [0.2, 0.25) is 5.02 Å². The maximum absolute atomic E-state index is 14.4. The van der Waals surface area contributed by atoms with Crippen molar-refractivity contribution < 1.29 is 24.2 Å². The molecule has 0 aromatic heterocycles. The number of benzene rings is 1. The number of halogens is 2. The number of rotatable bonds is 12. The van der Waals surface area contributed by atoms with Gasteiger partial charge in [0.15, 0.2) is 0 Å². The lowest BCUT2D eigenvalue weighted by atomic mass is 9.70. The average Bonchev–Trinajstić information content (AvgIpc) is 3.49. The summed E-state index contributed by atoms with van der Waals surface area (Å²) in [5.74, 6) is -2.33. The van der Waals surface area contributed by atoms with Gasteiger partial charge in [0.25, 0.3) is 5.91 Å². The molecule has 0 aliphatic carbocycles. The fraction of sp³-hybridized carbons (Fsp3) is 0.536. The number of ether oxygens (including phenoxy) is 1. The molecule has 6 atom stereocenters. The van der Waals surface area contributed by atoms with Crippen molar-refractivity contribution in [1.29, 1.82) is 0 Å². The SMILES string of the molecule is C=CCN(CCC)C(=O)[C@H]1[C@H]2C(=O)N(CCCO)C(C(=O)N(CC=C)c3ccccc3Cl)C23CC(Br)[C@@H]1O3. The number of amides is 3. The van der Waals surface area contributed by atoms with E-state index in [-0.39, 0.29) is 42.2 Å². The topological polar surface area (TPSA) is 90.4 Å². The Morgan fingerprint density at radius 2 is 1.97 bits per heavy atom. The van der Waals surface area contributed by atoms with Gasteiger partial charge in [-0.15, -0.1) is 13.2 Å². The van der Waals surface area contributed by atoms with Gasteiger partial charge in [0.05, 0.1) is 28.6 Å². The monoisotopic (exact) mass is 607 g/mol. The highest BCUT2D eigenvalue weighted by atomic mass is 79.9. The van der Waals surface area contributed by atoms with Crippen LogP contribution < -0.4 is 4.90 Å². The normalized spacial score (nSPS) is 29.3. The second kappa shape index (κ2) is 11.9. The Balaban J connectivity index is 1.79. The average molecular weight is 609 g/mol. The molecule has 0 radical (unpaired) electrons. The van der Waals surface area contributed by atoms with Crippen molar-refractivity contribution in [3.63, 3.8) is 0 Å². The van der Waals surface area contributed by atoms with Crippen LogP contribution in [0.5, 0.6) is 0 Å². The van der Waals surface area contributed by atoms with E-state index < -0.39 is 29.6 Å². The molecule has 1 aromatic carbocycles. The number of hydrogen-bond donors (Lipinski definition) is 1. The maximum Gasteiger partial charge on any atom is 0.253 e. The number of aliphatic hydroxyl groups excluding tert-OH is 1. The van der Waals surface area contributed by atoms with E-state index in [1.54, 1.807) is 41.3 Å². The van der Waals surface area contributed by atoms with Gasteiger partial charge in [-0.3, -0.25) is 14.4 Å². The number of anilines is 1. The van der Waals surface area contributed by atoms with Crippen molar-refractivity contribution in [2.75, 3.05) is 37.7 Å². The number of carbonyl (C=O) groups excluding carboxylic acids is 3. The molecule has 8 nitrogen and oxygen atoms in total. The van der Waals surface area contributed by atoms with E-state index in [1.807, 2.05) is 6.92 Å². The first-order valence-corrected chi connectivity index (χ1v) is 14.4. The Bertz CT molecular complexity index is 1100. The van der Waals surface area contributed by atoms with Crippen LogP contribution in [0.3, 0.4) is 0 Å². The fourth-order valence-electron chi connectivity index (χ4n) is 6.36. The number of carbonyl (C=O) groups is 3. The van der Waals surface area contributed by atoms with Crippen LogP contribution in [-0.2, 0) is 19.1 Å². The second-order valence-electron chi connectivity index (χ2n) is 10.0. The van der Waals surface area contributed by atoms with Crippen molar-refractivity contribution in [2.24, 2.45) is 11.8 Å². The van der Waals surface area contributed by atoms with E-state index in [0.717, 1.165) is 6.42 Å². The van der Waals surface area contributed by atoms with Crippen LogP contribution >= 0.6 is 27.5 Å². The third-order valence-electron chi connectivity index (χ3n) is 7.74. The molecule has 3 heterocycles. The zero-order valence-corrected chi connectivity index (χ0v) is 23.9. The standard InChI is InChI=1S/C28H35BrClN3O5/c1-4-12-31(13-5-2)25(35)21-22-26(36)33(15-9-16-34)24(28(22)17-18(29)23(21)38-28)27(37)32(14-6-3)20-11-8-7-10-19(20)30/h4,6-8,10-11,18,21-24,34H,1,3,5,9,12-17H2,2H3/t18?,21-,22-,23-,24?,28?/m0/s1. The van der Waals surface area contributed by atoms with E-state index in [4.69, 9.17) is 16.3 Å². The van der Waals surface area contributed by atoms with Crippen molar-refractivity contribution in [1.82, 2.24) is 9.80 Å². The van der Waals surface area contributed by atoms with Gasteiger partial charge < -0.3 is 24.5 Å². The molecule has 0 saturated carbocycles. The van der Waals surface area contributed by atoms with Crippen molar-refractivity contribution in [3.05, 3.63) is 54.6 Å². The minimum atomic E-state index is -1.18. The maximum atomic E-state index is 14.4. The molecule has 4 rings (SSSR count). The Hall–Kier alpha value is -2.20. The van der Waals surface area contributed by atoms with Gasteiger partial charge in [0, 0.05) is 37.6 Å². The first-order chi connectivity index (χ1) is 18.3. The van der Waals surface area contributed by atoms with Gasteiger partial charge in [-0.25, -0.2) is 0 Å². The molecule has 1 spiro atoms. The van der Waals surface area contributed by atoms with Crippen LogP contribution in [0.15, 0.2) is 49.6 Å². The summed E-state index contributed by atoms with van der Waals surface area (Å²) in [4.78, 5) is 46.9. The summed E-state index contributed by atoms with van der Waals surface area (Å²) in [6, 6.07) is 6.04. The molecule has 1 N–H and O–H groups in total. The first-order valence-electron chi connectivity index (χ1n) is 13.1. The minimum absolute atomic E-state index is 0.139. The largest absolute Gasteiger partial charge is 0.396 e. The highest BCUT2D eigenvalue weighted by Crippen LogP contribution is 2.60. The summed E-state index contributed by atoms with van der Waals surface area (Å²) in [5.41, 5.74) is -0.681. The van der Waals surface area contributed by atoms with Crippen molar-refractivity contribution >= 4 is 50.9 Å². The van der Waals surface area contributed by atoms with Crippen LogP contribution in [-0.4, -0.2) is 88.0 Å². The molecule has 2 bridgehead atoms. The summed E-state index contributed by atoms with van der Waals surface area (Å²) >= 11 is 10.2. The summed E-state index contributed by atoms with van der Waals surface area (Å²) in [7, 11) is 0. The number of fused-ring (bicyclic) bond motifs is 1. The van der Waals surface area contributed by atoms with Gasteiger partial charge in [0.2, 0.25) is 11.8 Å². The van der Waals surface area contributed by atoms with Gasteiger partial charge in [-0.1, -0.05) is 58.7 Å². The molecule has 3 amide bonds. The lowest BCUT2D eigenvalue weighted by Crippen LogP contribution is -2.57. The molecule has 3 aliphatic rings. The van der Waals surface area contributed by atoms with Crippen LogP contribution in [0, 0.1) is 11.8 Å². The molecular weight excluding hydrogens is 574 g/mol. The smallest absolute Gasteiger partial charge is 0.253 e. The molecule has 38 heavy (non-hydrogen) atoms. The van der Waals surface area contributed by atoms with Crippen molar-refractivity contribution in [3.8, 4) is 0 Å². The van der Waals surface area contributed by atoms with Gasteiger partial charge in [0.1, 0.15) is 11.6 Å². The number of aliphatic hydroxyl groups is 1. The van der Waals surface area contributed by atoms with Gasteiger partial charge in [-0.05, 0) is 31.4 Å². The minimum Gasteiger partial charge on any atom is -0.396 e. The lowest BCUT2D eigenvalue weighted by Gasteiger charge is -2.37. The molecule has 3 saturated heterocycles. The van der Waals surface area contributed by atoms with E-state index in [2.05, 4.69) is 29.1 Å². The van der Waals surface area contributed by atoms with Crippen LogP contribution in [0.25, 0.3) is 0 Å². The van der Waals surface area contributed by atoms with E-state index in [1.165, 1.54) is 9.80 Å². The second-order valence-corrected chi connectivity index (χ2v) is 11.6. The van der Waals surface area contributed by atoms with E-state index >= 15 is 0 Å². The Morgan fingerprint density at radius 1 is 1.26 bits per heavy atom. The summed E-state index contributed by atoms with van der Waals surface area (Å²) in [5, 5.41) is 9.97. The zero-order valence-electron chi connectivity index (χ0n) is 21.6. The molecule has 10 heteroatoms. The highest BCUT2D eigenvalue weighted by molar-refractivity contribution is 9.09. The quantitative estimate of drug-likeness (QED) is 0.290. The Kier molecular flexibility index (Phi) is 9.02. The predicted octanol–water partition coefficient (Wildman–Crippen LogP) is 3.41. The molecule has 3 aliphatic heterocycles. The molecule has 3 fully saturated rings. The molecular formula is C28H35BrClN3O5. The lowest BCUT2D eigenvalue weighted by molar-refractivity contribution is -0.145. The number of hydrogen-bond acceptors (Lipinski definition) is 5. The van der Waals surface area contributed by atoms with Crippen LogP contribution in [0.1, 0.15) is 26.2 Å².